The summed E-state index contributed by atoms with van der Waals surface area (Å²) in [5.41, 5.74) is 2.83. The van der Waals surface area contributed by atoms with Gasteiger partial charge in [0.25, 0.3) is 11.7 Å². The van der Waals surface area contributed by atoms with Gasteiger partial charge in [0.15, 0.2) is 0 Å². The number of nitrogens with zero attached hydrogens (tertiary/aromatic N) is 2. The van der Waals surface area contributed by atoms with Crippen molar-refractivity contribution in [3.63, 3.8) is 0 Å². The molecular weight excluding hydrogens is 508 g/mol. The van der Waals surface area contributed by atoms with Gasteiger partial charge in [-0.05, 0) is 65.9 Å². The molecule has 7 heteroatoms. The van der Waals surface area contributed by atoms with Crippen LogP contribution in [0.1, 0.15) is 42.1 Å². The van der Waals surface area contributed by atoms with Crippen LogP contribution in [0.25, 0.3) is 5.76 Å². The SMILES string of the molecule is Cc1cc(OCC(C)C)ccc1C(O)=C1C(=O)C(=O)N(Cc2cccnc2)[C@@H]1c1ccc(Br)cc1. The largest absolute Gasteiger partial charge is 0.507 e. The van der Waals surface area contributed by atoms with Crippen molar-refractivity contribution in [1.82, 2.24) is 9.88 Å². The lowest BCUT2D eigenvalue weighted by Crippen LogP contribution is -2.29. The number of pyridine rings is 1. The van der Waals surface area contributed by atoms with Crippen LogP contribution in [0.5, 0.6) is 5.75 Å². The van der Waals surface area contributed by atoms with Crippen LogP contribution in [-0.2, 0) is 16.1 Å². The quantitative estimate of drug-likeness (QED) is 0.235. The first kappa shape index (κ1) is 24.7. The molecule has 1 amide bonds. The molecule has 3 aromatic rings. The number of halogens is 1. The van der Waals surface area contributed by atoms with E-state index in [0.717, 1.165) is 21.2 Å². The lowest BCUT2D eigenvalue weighted by Gasteiger charge is -2.25. The predicted molar refractivity (Wildman–Crippen MR) is 138 cm³/mol. The fourth-order valence-corrected chi connectivity index (χ4v) is 4.39. The number of likely N-dealkylation sites (tertiary alicyclic amines) is 1. The molecule has 180 valence electrons. The minimum absolute atomic E-state index is 0.0696. The number of aliphatic hydroxyl groups excluding tert-OH is 1. The molecule has 0 spiro atoms. The highest BCUT2D eigenvalue weighted by Gasteiger charge is 2.46. The summed E-state index contributed by atoms with van der Waals surface area (Å²) in [7, 11) is 0. The average Bonchev–Trinajstić information content (AvgIpc) is 3.08. The van der Waals surface area contributed by atoms with Gasteiger partial charge in [-0.3, -0.25) is 14.6 Å². The van der Waals surface area contributed by atoms with Gasteiger partial charge in [-0.25, -0.2) is 0 Å². The predicted octanol–water partition coefficient (Wildman–Crippen LogP) is 5.81. The van der Waals surface area contributed by atoms with E-state index in [4.69, 9.17) is 4.74 Å². The summed E-state index contributed by atoms with van der Waals surface area (Å²) in [5, 5.41) is 11.4. The summed E-state index contributed by atoms with van der Waals surface area (Å²) in [6.07, 6.45) is 3.32. The Balaban J connectivity index is 1.79. The van der Waals surface area contributed by atoms with Crippen LogP contribution in [0.15, 0.2) is 77.0 Å². The first-order valence-electron chi connectivity index (χ1n) is 11.4. The van der Waals surface area contributed by atoms with Crippen molar-refractivity contribution in [2.45, 2.75) is 33.4 Å². The number of Topliss-reactive ketones (excluding diaryl/α,β-unsaturated/α-hetero) is 1. The minimum Gasteiger partial charge on any atom is -0.507 e. The van der Waals surface area contributed by atoms with E-state index in [0.29, 0.717) is 23.8 Å². The van der Waals surface area contributed by atoms with Gasteiger partial charge < -0.3 is 14.7 Å². The number of amides is 1. The molecule has 6 nitrogen and oxygen atoms in total. The van der Waals surface area contributed by atoms with Crippen LogP contribution in [-0.4, -0.2) is 33.3 Å². The van der Waals surface area contributed by atoms with Crippen LogP contribution in [0.2, 0.25) is 0 Å². The normalized spacial score (nSPS) is 17.3. The molecule has 1 fully saturated rings. The maximum absolute atomic E-state index is 13.3. The number of ether oxygens (including phenoxy) is 1. The third-order valence-electron chi connectivity index (χ3n) is 5.84. The van der Waals surface area contributed by atoms with Gasteiger partial charge in [0, 0.05) is 29.0 Å². The minimum atomic E-state index is -0.737. The van der Waals surface area contributed by atoms with E-state index in [9.17, 15) is 14.7 Å². The van der Waals surface area contributed by atoms with Gasteiger partial charge in [-0.15, -0.1) is 0 Å². The molecule has 0 unspecified atom stereocenters. The second-order valence-corrected chi connectivity index (χ2v) is 9.94. The maximum atomic E-state index is 13.3. The van der Waals surface area contributed by atoms with Gasteiger partial charge in [0.05, 0.1) is 18.2 Å². The molecule has 0 saturated carbocycles. The van der Waals surface area contributed by atoms with E-state index in [1.54, 1.807) is 30.6 Å². The lowest BCUT2D eigenvalue weighted by atomic mass is 9.94. The molecule has 1 aliphatic rings. The number of aliphatic hydroxyl groups is 1. The zero-order valence-corrected chi connectivity index (χ0v) is 21.5. The number of carbonyl (C=O) groups excluding carboxylic acids is 2. The van der Waals surface area contributed by atoms with Gasteiger partial charge in [-0.2, -0.15) is 0 Å². The lowest BCUT2D eigenvalue weighted by molar-refractivity contribution is -0.140. The van der Waals surface area contributed by atoms with Crippen molar-refractivity contribution in [1.29, 1.82) is 0 Å². The fraction of sp³-hybridized carbons (Fsp3) is 0.250. The number of benzene rings is 2. The zero-order chi connectivity index (χ0) is 25.1. The Morgan fingerprint density at radius 1 is 1.14 bits per heavy atom. The third-order valence-corrected chi connectivity index (χ3v) is 6.37. The van der Waals surface area contributed by atoms with Crippen LogP contribution in [0.3, 0.4) is 0 Å². The first-order chi connectivity index (χ1) is 16.8. The van der Waals surface area contributed by atoms with Crippen LogP contribution >= 0.6 is 15.9 Å². The van der Waals surface area contributed by atoms with Gasteiger partial charge >= 0.3 is 0 Å². The number of carbonyl (C=O) groups is 2. The summed E-state index contributed by atoms with van der Waals surface area (Å²) in [6.45, 7) is 6.75. The van der Waals surface area contributed by atoms with Crippen molar-refractivity contribution in [3.05, 3.63) is 99.3 Å². The highest BCUT2D eigenvalue weighted by molar-refractivity contribution is 9.10. The summed E-state index contributed by atoms with van der Waals surface area (Å²) < 4.78 is 6.67. The standard InChI is InChI=1S/C28H27BrN2O4/c1-17(2)16-35-22-10-11-23(18(3)13-22)26(32)24-25(20-6-8-21(29)9-7-20)31(28(34)27(24)33)15-19-5-4-12-30-14-19/h4-14,17,25,32H,15-16H2,1-3H3/t25-/m1/s1. The number of hydrogen-bond donors (Lipinski definition) is 1. The molecule has 1 saturated heterocycles. The fourth-order valence-electron chi connectivity index (χ4n) is 4.12. The Morgan fingerprint density at radius 3 is 2.51 bits per heavy atom. The van der Waals surface area contributed by atoms with E-state index < -0.39 is 17.7 Å². The molecule has 35 heavy (non-hydrogen) atoms. The molecule has 1 aromatic heterocycles. The second kappa shape index (κ2) is 10.4. The van der Waals surface area contributed by atoms with E-state index >= 15 is 0 Å². The number of aromatic nitrogens is 1. The monoisotopic (exact) mass is 534 g/mol. The zero-order valence-electron chi connectivity index (χ0n) is 19.9. The molecule has 4 rings (SSSR count). The molecule has 1 aliphatic heterocycles. The first-order valence-corrected chi connectivity index (χ1v) is 12.2. The van der Waals surface area contributed by atoms with E-state index in [2.05, 4.69) is 34.8 Å². The Labute approximate surface area is 213 Å². The molecule has 0 bridgehead atoms. The van der Waals surface area contributed by atoms with Gasteiger partial charge in [-0.1, -0.05) is 48.0 Å². The Hall–Kier alpha value is -3.45. The third kappa shape index (κ3) is 5.30. The van der Waals surface area contributed by atoms with Crippen LogP contribution < -0.4 is 4.74 Å². The number of aryl methyl sites for hydroxylation is 1. The molecule has 0 aliphatic carbocycles. The summed E-state index contributed by atoms with van der Waals surface area (Å²) >= 11 is 3.44. The Morgan fingerprint density at radius 2 is 1.89 bits per heavy atom. The Bertz CT molecular complexity index is 1270. The smallest absolute Gasteiger partial charge is 0.295 e. The summed E-state index contributed by atoms with van der Waals surface area (Å²) in [6, 6.07) is 15.6. The Kier molecular flexibility index (Phi) is 7.36. The summed E-state index contributed by atoms with van der Waals surface area (Å²) in [4.78, 5) is 32.1. The van der Waals surface area contributed by atoms with Crippen molar-refractivity contribution in [3.8, 4) is 5.75 Å². The highest BCUT2D eigenvalue weighted by Crippen LogP contribution is 2.41. The number of hydrogen-bond acceptors (Lipinski definition) is 5. The van der Waals surface area contributed by atoms with Crippen LogP contribution in [0.4, 0.5) is 0 Å². The van der Waals surface area contributed by atoms with Crippen molar-refractivity contribution in [2.24, 2.45) is 5.92 Å². The maximum Gasteiger partial charge on any atom is 0.295 e. The van der Waals surface area contributed by atoms with E-state index in [1.807, 2.05) is 43.3 Å². The number of ketones is 1. The molecular formula is C28H27BrN2O4. The van der Waals surface area contributed by atoms with Gasteiger partial charge in [0.1, 0.15) is 11.5 Å². The highest BCUT2D eigenvalue weighted by atomic mass is 79.9. The van der Waals surface area contributed by atoms with Crippen molar-refractivity contribution < 1.29 is 19.4 Å². The summed E-state index contributed by atoms with van der Waals surface area (Å²) in [5.74, 6) is -0.492. The molecule has 0 radical (unpaired) electrons. The van der Waals surface area contributed by atoms with Crippen molar-refractivity contribution in [2.75, 3.05) is 6.61 Å². The van der Waals surface area contributed by atoms with Gasteiger partial charge in [0.2, 0.25) is 0 Å². The molecule has 2 aromatic carbocycles. The van der Waals surface area contributed by atoms with Crippen molar-refractivity contribution >= 4 is 33.4 Å². The van der Waals surface area contributed by atoms with Crippen LogP contribution in [0, 0.1) is 12.8 Å². The molecule has 1 atom stereocenters. The molecule has 1 N–H and O–H groups in total. The molecule has 2 heterocycles. The average molecular weight is 535 g/mol. The second-order valence-electron chi connectivity index (χ2n) is 9.02. The number of rotatable bonds is 7. The van der Waals surface area contributed by atoms with E-state index in [-0.39, 0.29) is 17.9 Å². The topological polar surface area (TPSA) is 79.7 Å². The van der Waals surface area contributed by atoms with E-state index in [1.165, 1.54) is 4.90 Å².